The molecule has 0 radical (unpaired) electrons. The van der Waals surface area contributed by atoms with Gasteiger partial charge in [-0.2, -0.15) is 0 Å². The van der Waals surface area contributed by atoms with E-state index in [1.165, 1.54) is 6.08 Å². The highest BCUT2D eigenvalue weighted by molar-refractivity contribution is 5.81. The lowest BCUT2D eigenvalue weighted by atomic mass is 10.4. The Morgan fingerprint density at radius 3 is 2.71 bits per heavy atom. The van der Waals surface area contributed by atoms with Crippen molar-refractivity contribution in [1.82, 2.24) is 10.6 Å². The Hall–Kier alpha value is -1.36. The van der Waals surface area contributed by atoms with Crippen LogP contribution < -0.4 is 10.6 Å². The Balaban J connectivity index is 3.44. The van der Waals surface area contributed by atoms with Gasteiger partial charge >= 0.3 is 5.97 Å². The average Bonchev–Trinajstić information content (AvgIpc) is 2.17. The van der Waals surface area contributed by atoms with Gasteiger partial charge < -0.3 is 15.4 Å². The summed E-state index contributed by atoms with van der Waals surface area (Å²) in [6, 6.07) is 0. The van der Waals surface area contributed by atoms with Gasteiger partial charge in [0.15, 0.2) is 0 Å². The zero-order valence-corrected chi connectivity index (χ0v) is 8.50. The Morgan fingerprint density at radius 1 is 1.43 bits per heavy atom. The first-order chi connectivity index (χ1) is 6.70. The van der Waals surface area contributed by atoms with E-state index in [0.29, 0.717) is 13.2 Å². The highest BCUT2D eigenvalue weighted by Crippen LogP contribution is 1.79. The van der Waals surface area contributed by atoms with Gasteiger partial charge in [-0.15, -0.1) is 0 Å². The molecule has 0 aliphatic rings. The molecule has 0 aromatic carbocycles. The van der Waals surface area contributed by atoms with E-state index in [4.69, 9.17) is 0 Å². The Morgan fingerprint density at radius 2 is 2.14 bits per heavy atom. The highest BCUT2D eigenvalue weighted by atomic mass is 16.5. The first kappa shape index (κ1) is 12.6. The van der Waals surface area contributed by atoms with Crippen LogP contribution in [0.2, 0.25) is 0 Å². The molecule has 5 heteroatoms. The molecule has 0 saturated carbocycles. The van der Waals surface area contributed by atoms with Crippen molar-refractivity contribution in [2.24, 2.45) is 0 Å². The van der Waals surface area contributed by atoms with Gasteiger partial charge in [-0.3, -0.25) is 4.79 Å². The monoisotopic (exact) mass is 200 g/mol. The van der Waals surface area contributed by atoms with E-state index in [-0.39, 0.29) is 18.4 Å². The van der Waals surface area contributed by atoms with E-state index in [1.807, 2.05) is 0 Å². The minimum absolute atomic E-state index is 0.0884. The predicted octanol–water partition coefficient (Wildman–Crippen LogP) is -0.559. The lowest BCUT2D eigenvalue weighted by Gasteiger charge is -1.99. The van der Waals surface area contributed by atoms with Crippen LogP contribution in [0.15, 0.2) is 12.2 Å². The molecule has 0 heterocycles. The summed E-state index contributed by atoms with van der Waals surface area (Å²) in [6.07, 6.45) is 2.95. The van der Waals surface area contributed by atoms with Gasteiger partial charge in [-0.05, 0) is 6.92 Å². The van der Waals surface area contributed by atoms with Gasteiger partial charge in [0.1, 0.15) is 0 Å². The molecule has 0 unspecified atom stereocenters. The van der Waals surface area contributed by atoms with Crippen LogP contribution in [0.25, 0.3) is 0 Å². The number of ether oxygens (including phenoxy) is 1. The number of esters is 1. The molecule has 14 heavy (non-hydrogen) atoms. The summed E-state index contributed by atoms with van der Waals surface area (Å²) in [5.41, 5.74) is 0. The third-order valence-electron chi connectivity index (χ3n) is 1.37. The van der Waals surface area contributed by atoms with E-state index in [9.17, 15) is 9.59 Å². The largest absolute Gasteiger partial charge is 0.463 e. The summed E-state index contributed by atoms with van der Waals surface area (Å²) in [7, 11) is 1.57. The van der Waals surface area contributed by atoms with Crippen LogP contribution in [0.5, 0.6) is 0 Å². The number of hydrogen-bond acceptors (Lipinski definition) is 4. The number of hydrogen-bond donors (Lipinski definition) is 2. The Bertz CT molecular complexity index is 214. The van der Waals surface area contributed by atoms with Crippen LogP contribution in [0, 0.1) is 0 Å². The molecule has 1 amide bonds. The smallest absolute Gasteiger partial charge is 0.330 e. The maximum atomic E-state index is 10.8. The fraction of sp³-hybridized carbons (Fsp3) is 0.556. The molecule has 0 aromatic heterocycles. The van der Waals surface area contributed by atoms with Crippen LogP contribution >= 0.6 is 0 Å². The third kappa shape index (κ3) is 7.30. The van der Waals surface area contributed by atoms with E-state index >= 15 is 0 Å². The maximum Gasteiger partial charge on any atom is 0.330 e. The molecule has 0 aliphatic carbocycles. The van der Waals surface area contributed by atoms with Crippen LogP contribution in [-0.2, 0) is 14.3 Å². The lowest BCUT2D eigenvalue weighted by molar-refractivity contribution is -0.137. The molecule has 0 aromatic rings. The summed E-state index contributed by atoms with van der Waals surface area (Å²) in [5, 5.41) is 5.29. The van der Waals surface area contributed by atoms with Crippen molar-refractivity contribution in [1.29, 1.82) is 0 Å². The second-order valence-electron chi connectivity index (χ2n) is 2.46. The second-order valence-corrected chi connectivity index (χ2v) is 2.46. The summed E-state index contributed by atoms with van der Waals surface area (Å²) in [6.45, 7) is 2.82. The van der Waals surface area contributed by atoms with E-state index < -0.39 is 0 Å². The van der Waals surface area contributed by atoms with Crippen molar-refractivity contribution in [3.63, 3.8) is 0 Å². The molecule has 80 valence electrons. The molecule has 0 saturated heterocycles. The molecule has 0 spiro atoms. The fourth-order valence-electron chi connectivity index (χ4n) is 0.703. The van der Waals surface area contributed by atoms with Gasteiger partial charge in [0, 0.05) is 19.7 Å². The summed E-state index contributed by atoms with van der Waals surface area (Å²) < 4.78 is 4.66. The van der Waals surface area contributed by atoms with Crippen LogP contribution in [0.1, 0.15) is 6.92 Å². The fourth-order valence-corrected chi connectivity index (χ4v) is 0.703. The molecule has 5 nitrogen and oxygen atoms in total. The molecule has 2 N–H and O–H groups in total. The molecular weight excluding hydrogens is 184 g/mol. The Kier molecular flexibility index (Phi) is 7.45. The van der Waals surface area contributed by atoms with E-state index in [1.54, 1.807) is 20.0 Å². The van der Waals surface area contributed by atoms with Crippen molar-refractivity contribution in [3.8, 4) is 0 Å². The number of nitrogens with one attached hydrogen (secondary N) is 2. The average molecular weight is 200 g/mol. The molecule has 0 rings (SSSR count). The first-order valence-corrected chi connectivity index (χ1v) is 4.45. The van der Waals surface area contributed by atoms with E-state index in [0.717, 1.165) is 0 Å². The van der Waals surface area contributed by atoms with Crippen molar-refractivity contribution < 1.29 is 14.3 Å². The number of carbonyl (C=O) groups excluding carboxylic acids is 2. The summed E-state index contributed by atoms with van der Waals surface area (Å²) >= 11 is 0. The zero-order chi connectivity index (χ0) is 10.8. The van der Waals surface area contributed by atoms with E-state index in [2.05, 4.69) is 15.4 Å². The summed E-state index contributed by atoms with van der Waals surface area (Å²) in [5.74, 6) is -0.455. The van der Waals surface area contributed by atoms with Gasteiger partial charge in [0.2, 0.25) is 5.91 Å². The number of carbonyl (C=O) groups is 2. The van der Waals surface area contributed by atoms with Crippen molar-refractivity contribution in [3.05, 3.63) is 12.2 Å². The normalized spacial score (nSPS) is 10.1. The SMILES string of the molecule is CCOC(=O)/C=C/CNCC(=O)NC. The highest BCUT2D eigenvalue weighted by Gasteiger charge is 1.94. The zero-order valence-electron chi connectivity index (χ0n) is 8.50. The first-order valence-electron chi connectivity index (χ1n) is 4.45. The van der Waals surface area contributed by atoms with Gasteiger partial charge in [-0.1, -0.05) is 6.08 Å². The number of amides is 1. The molecule has 0 aliphatic heterocycles. The third-order valence-corrected chi connectivity index (χ3v) is 1.37. The van der Waals surface area contributed by atoms with Gasteiger partial charge in [-0.25, -0.2) is 4.79 Å². The minimum Gasteiger partial charge on any atom is -0.463 e. The Labute approximate surface area is 83.5 Å². The predicted molar refractivity (Wildman–Crippen MR) is 52.7 cm³/mol. The van der Waals surface area contributed by atoms with Crippen LogP contribution in [-0.4, -0.2) is 38.6 Å². The summed E-state index contributed by atoms with van der Waals surface area (Å²) in [4.78, 5) is 21.5. The molecule has 0 fully saturated rings. The second kappa shape index (κ2) is 8.25. The van der Waals surface area contributed by atoms with Crippen LogP contribution in [0.3, 0.4) is 0 Å². The molecular formula is C9H16N2O3. The quantitative estimate of drug-likeness (QED) is 0.343. The minimum atomic E-state index is -0.366. The van der Waals surface area contributed by atoms with Crippen LogP contribution in [0.4, 0.5) is 0 Å². The topological polar surface area (TPSA) is 67.4 Å². The van der Waals surface area contributed by atoms with Crippen molar-refractivity contribution in [2.75, 3.05) is 26.7 Å². The number of likely N-dealkylation sites (N-methyl/N-ethyl adjacent to an activating group) is 1. The van der Waals surface area contributed by atoms with Gasteiger partial charge in [0.05, 0.1) is 13.2 Å². The van der Waals surface area contributed by atoms with Crippen molar-refractivity contribution >= 4 is 11.9 Å². The maximum absolute atomic E-state index is 10.8. The lowest BCUT2D eigenvalue weighted by Crippen LogP contribution is -2.31. The molecule has 0 atom stereocenters. The van der Waals surface area contributed by atoms with Gasteiger partial charge in [0.25, 0.3) is 0 Å². The van der Waals surface area contributed by atoms with Crippen molar-refractivity contribution in [2.45, 2.75) is 6.92 Å². The molecule has 0 bridgehead atoms. The number of rotatable bonds is 6. The standard InChI is InChI=1S/C9H16N2O3/c1-3-14-9(13)5-4-6-11-7-8(12)10-2/h4-5,11H,3,6-7H2,1-2H3,(H,10,12)/b5-4+.